The third-order valence-corrected chi connectivity index (χ3v) is 7.56. The lowest BCUT2D eigenvalue weighted by molar-refractivity contribution is -0.315. The molecular formula is C28H39N3O2. The molecule has 178 valence electrons. The first-order valence-electron chi connectivity index (χ1n) is 12.7. The van der Waals surface area contributed by atoms with Crippen molar-refractivity contribution in [2.75, 3.05) is 34.3 Å². The standard InChI is InChI=1S/C28H39N3O2/c1-29(2)20-24-17-26-27(31(32-3)33-28(26)18-25(24)23-10-11-23)12-9-21-13-15-30(16-14-21)19-22-7-5-4-6-8-22/h4-8,17-18,21,23,27H,9-16,19-20H2,1-3H3. The van der Waals surface area contributed by atoms with Crippen molar-refractivity contribution in [1.29, 1.82) is 0 Å². The Kier molecular flexibility index (Phi) is 7.02. The maximum atomic E-state index is 6.16. The SMILES string of the molecule is CON1Oc2cc(C3CC3)c(CN(C)C)cc2C1CCC1CCN(Cc2ccccc2)CC1. The molecule has 2 aromatic carbocycles. The summed E-state index contributed by atoms with van der Waals surface area (Å²) in [4.78, 5) is 16.7. The molecule has 2 aromatic rings. The van der Waals surface area contributed by atoms with Gasteiger partial charge < -0.3 is 9.74 Å². The van der Waals surface area contributed by atoms with E-state index in [4.69, 9.17) is 9.68 Å². The lowest BCUT2D eigenvalue weighted by Crippen LogP contribution is -2.33. The fourth-order valence-corrected chi connectivity index (χ4v) is 5.62. The number of hydrogen-bond donors (Lipinski definition) is 0. The summed E-state index contributed by atoms with van der Waals surface area (Å²) in [6.07, 6.45) is 7.48. The first-order valence-corrected chi connectivity index (χ1v) is 12.7. The van der Waals surface area contributed by atoms with Crippen LogP contribution in [-0.4, -0.2) is 49.3 Å². The van der Waals surface area contributed by atoms with Crippen molar-refractivity contribution in [1.82, 2.24) is 15.0 Å². The van der Waals surface area contributed by atoms with E-state index in [1.54, 1.807) is 12.3 Å². The number of rotatable bonds is 9. The smallest absolute Gasteiger partial charge is 0.155 e. The molecule has 33 heavy (non-hydrogen) atoms. The Bertz CT molecular complexity index is 920. The predicted molar refractivity (Wildman–Crippen MR) is 132 cm³/mol. The summed E-state index contributed by atoms with van der Waals surface area (Å²) in [6.45, 7) is 4.46. The van der Waals surface area contributed by atoms with Crippen LogP contribution in [0.3, 0.4) is 0 Å². The molecule has 5 rings (SSSR count). The fourth-order valence-electron chi connectivity index (χ4n) is 5.62. The highest BCUT2D eigenvalue weighted by Gasteiger charge is 2.37. The van der Waals surface area contributed by atoms with Gasteiger partial charge in [-0.15, -0.1) is 0 Å². The van der Waals surface area contributed by atoms with Crippen molar-refractivity contribution in [2.24, 2.45) is 5.92 Å². The summed E-state index contributed by atoms with van der Waals surface area (Å²) < 4.78 is 0. The van der Waals surface area contributed by atoms with E-state index in [0.29, 0.717) is 5.92 Å². The molecule has 5 nitrogen and oxygen atoms in total. The summed E-state index contributed by atoms with van der Waals surface area (Å²) in [7, 11) is 6.04. The minimum Gasteiger partial charge on any atom is -0.380 e. The van der Waals surface area contributed by atoms with Crippen molar-refractivity contribution in [3.05, 3.63) is 64.7 Å². The number of benzene rings is 2. The zero-order chi connectivity index (χ0) is 22.8. The van der Waals surface area contributed by atoms with Crippen LogP contribution in [0.15, 0.2) is 42.5 Å². The van der Waals surface area contributed by atoms with Gasteiger partial charge in [-0.25, -0.2) is 0 Å². The van der Waals surface area contributed by atoms with Crippen LogP contribution in [0.2, 0.25) is 0 Å². The molecule has 0 N–H and O–H groups in total. The lowest BCUT2D eigenvalue weighted by Gasteiger charge is -2.32. The van der Waals surface area contributed by atoms with Crippen molar-refractivity contribution < 1.29 is 9.68 Å². The van der Waals surface area contributed by atoms with Crippen LogP contribution < -0.4 is 4.84 Å². The molecule has 1 saturated heterocycles. The molecule has 0 bridgehead atoms. The highest BCUT2D eigenvalue weighted by molar-refractivity contribution is 5.48. The number of piperidine rings is 1. The molecule has 1 atom stereocenters. The molecule has 0 amide bonds. The van der Waals surface area contributed by atoms with E-state index in [1.165, 1.54) is 67.4 Å². The monoisotopic (exact) mass is 449 g/mol. The maximum Gasteiger partial charge on any atom is 0.155 e. The van der Waals surface area contributed by atoms with E-state index >= 15 is 0 Å². The van der Waals surface area contributed by atoms with Gasteiger partial charge in [-0.05, 0) is 112 Å². The molecule has 0 radical (unpaired) electrons. The number of hydroxylamine groups is 2. The Balaban J connectivity index is 1.21. The van der Waals surface area contributed by atoms with Gasteiger partial charge in [-0.1, -0.05) is 30.3 Å². The first kappa shape index (κ1) is 22.9. The van der Waals surface area contributed by atoms with Gasteiger partial charge in [0, 0.05) is 18.7 Å². The highest BCUT2D eigenvalue weighted by Crippen LogP contribution is 2.48. The second-order valence-electron chi connectivity index (χ2n) is 10.5. The summed E-state index contributed by atoms with van der Waals surface area (Å²) in [5.41, 5.74) is 5.66. The van der Waals surface area contributed by atoms with E-state index in [9.17, 15) is 0 Å². The maximum absolute atomic E-state index is 6.16. The summed E-state index contributed by atoms with van der Waals surface area (Å²) >= 11 is 0. The topological polar surface area (TPSA) is 28.2 Å². The van der Waals surface area contributed by atoms with Gasteiger partial charge in [-0.3, -0.25) is 9.74 Å². The van der Waals surface area contributed by atoms with Crippen molar-refractivity contribution in [2.45, 2.75) is 63.6 Å². The van der Waals surface area contributed by atoms with Crippen LogP contribution in [0.1, 0.15) is 72.7 Å². The average molecular weight is 450 g/mol. The molecule has 2 aliphatic heterocycles. The van der Waals surface area contributed by atoms with Gasteiger partial charge in [-0.2, -0.15) is 0 Å². The number of nitrogens with zero attached hydrogens (tertiary/aromatic N) is 3. The fraction of sp³-hybridized carbons (Fsp3) is 0.571. The van der Waals surface area contributed by atoms with Gasteiger partial charge in [0.25, 0.3) is 0 Å². The molecule has 2 fully saturated rings. The van der Waals surface area contributed by atoms with E-state index in [1.807, 2.05) is 0 Å². The lowest BCUT2D eigenvalue weighted by atomic mass is 9.88. The second-order valence-corrected chi connectivity index (χ2v) is 10.5. The van der Waals surface area contributed by atoms with Crippen LogP contribution in [0.25, 0.3) is 0 Å². The molecular weight excluding hydrogens is 410 g/mol. The van der Waals surface area contributed by atoms with E-state index in [-0.39, 0.29) is 6.04 Å². The zero-order valence-electron chi connectivity index (χ0n) is 20.5. The number of hydrogen-bond acceptors (Lipinski definition) is 5. The van der Waals surface area contributed by atoms with Crippen molar-refractivity contribution in [3.8, 4) is 5.75 Å². The predicted octanol–water partition coefficient (Wildman–Crippen LogP) is 5.53. The van der Waals surface area contributed by atoms with E-state index < -0.39 is 0 Å². The molecule has 2 heterocycles. The number of fused-ring (bicyclic) bond motifs is 1. The first-order chi connectivity index (χ1) is 16.1. The highest BCUT2D eigenvalue weighted by atomic mass is 17.0. The van der Waals surface area contributed by atoms with Crippen molar-refractivity contribution >= 4 is 0 Å². The Morgan fingerprint density at radius 1 is 0.970 bits per heavy atom. The molecule has 1 aliphatic carbocycles. The number of likely N-dealkylation sites (tertiary alicyclic amines) is 1. The third kappa shape index (κ3) is 5.43. The minimum absolute atomic E-state index is 0.182. The quantitative estimate of drug-likeness (QED) is 0.502. The zero-order valence-corrected chi connectivity index (χ0v) is 20.5. The van der Waals surface area contributed by atoms with Crippen LogP contribution in [-0.2, 0) is 17.9 Å². The Morgan fingerprint density at radius 2 is 1.73 bits per heavy atom. The molecule has 3 aliphatic rings. The summed E-state index contributed by atoms with van der Waals surface area (Å²) in [5, 5.41) is 1.74. The van der Waals surface area contributed by atoms with Gasteiger partial charge >= 0.3 is 0 Å². The van der Waals surface area contributed by atoms with Crippen LogP contribution >= 0.6 is 0 Å². The van der Waals surface area contributed by atoms with Gasteiger partial charge in [0.2, 0.25) is 0 Å². The van der Waals surface area contributed by atoms with Gasteiger partial charge in [0.1, 0.15) is 6.04 Å². The molecule has 0 spiro atoms. The van der Waals surface area contributed by atoms with Crippen molar-refractivity contribution in [3.63, 3.8) is 0 Å². The summed E-state index contributed by atoms with van der Waals surface area (Å²) in [6, 6.07) is 15.8. The molecule has 5 heteroatoms. The van der Waals surface area contributed by atoms with Crippen LogP contribution in [0.4, 0.5) is 0 Å². The molecule has 0 aromatic heterocycles. The van der Waals surface area contributed by atoms with Crippen LogP contribution in [0, 0.1) is 5.92 Å². The Labute approximate surface area is 199 Å². The van der Waals surface area contributed by atoms with E-state index in [0.717, 1.165) is 31.2 Å². The average Bonchev–Trinajstić information content (AvgIpc) is 3.60. The van der Waals surface area contributed by atoms with E-state index in [2.05, 4.69) is 66.4 Å². The minimum atomic E-state index is 0.182. The van der Waals surface area contributed by atoms with Crippen LogP contribution in [0.5, 0.6) is 5.75 Å². The Morgan fingerprint density at radius 3 is 2.39 bits per heavy atom. The normalized spacial score (nSPS) is 22.0. The Hall–Kier alpha value is -1.92. The van der Waals surface area contributed by atoms with Gasteiger partial charge in [0.15, 0.2) is 5.75 Å². The molecule has 1 unspecified atom stereocenters. The largest absolute Gasteiger partial charge is 0.380 e. The summed E-state index contributed by atoms with van der Waals surface area (Å²) in [5.74, 6) is 2.50. The second kappa shape index (κ2) is 10.1. The third-order valence-electron chi connectivity index (χ3n) is 7.56. The van der Waals surface area contributed by atoms with Gasteiger partial charge in [0.05, 0.1) is 7.11 Å². The molecule has 1 saturated carbocycles.